The number of nitrogens with one attached hydrogen (secondary N) is 1. The van der Waals surface area contributed by atoms with E-state index < -0.39 is 0 Å². The summed E-state index contributed by atoms with van der Waals surface area (Å²) >= 11 is 12.5. The second kappa shape index (κ2) is 7.64. The molecule has 2 rings (SSSR count). The van der Waals surface area contributed by atoms with Gasteiger partial charge in [-0.3, -0.25) is 4.98 Å². The first-order valence-electron chi connectivity index (χ1n) is 6.83. The van der Waals surface area contributed by atoms with Crippen molar-refractivity contribution in [2.45, 2.75) is 19.4 Å². The van der Waals surface area contributed by atoms with Gasteiger partial charge in [0.2, 0.25) is 0 Å². The number of benzene rings is 1. The van der Waals surface area contributed by atoms with Crippen molar-refractivity contribution in [1.82, 2.24) is 10.3 Å². The van der Waals surface area contributed by atoms with Gasteiger partial charge in [-0.15, -0.1) is 0 Å². The number of ether oxygens (including phenoxy) is 1. The SMILES string of the molecule is CCCNC(c1cncc(OC)c1)c1cccc(Cl)c1Cl. The highest BCUT2D eigenvalue weighted by Crippen LogP contribution is 2.33. The predicted octanol–water partition coefficient (Wildman–Crippen LogP) is 4.49. The minimum absolute atomic E-state index is 0.0706. The van der Waals surface area contributed by atoms with Crippen LogP contribution in [0.5, 0.6) is 5.75 Å². The van der Waals surface area contributed by atoms with Crippen LogP contribution in [0.25, 0.3) is 0 Å². The van der Waals surface area contributed by atoms with Crippen molar-refractivity contribution in [3.8, 4) is 5.75 Å². The molecular formula is C16H18Cl2N2O. The Kier molecular flexibility index (Phi) is 5.85. The minimum atomic E-state index is -0.0706. The van der Waals surface area contributed by atoms with Crippen LogP contribution >= 0.6 is 23.2 Å². The molecule has 0 bridgehead atoms. The summed E-state index contributed by atoms with van der Waals surface area (Å²) in [5, 5.41) is 4.60. The Morgan fingerprint density at radius 1 is 1.29 bits per heavy atom. The Morgan fingerprint density at radius 3 is 2.81 bits per heavy atom. The van der Waals surface area contributed by atoms with Gasteiger partial charge < -0.3 is 10.1 Å². The van der Waals surface area contributed by atoms with E-state index in [1.54, 1.807) is 19.4 Å². The summed E-state index contributed by atoms with van der Waals surface area (Å²) in [5.74, 6) is 0.717. The molecule has 2 aromatic rings. The second-order valence-corrected chi connectivity index (χ2v) is 5.47. The van der Waals surface area contributed by atoms with E-state index in [2.05, 4.69) is 17.2 Å². The zero-order valence-corrected chi connectivity index (χ0v) is 13.6. The van der Waals surface area contributed by atoms with Crippen LogP contribution in [0.1, 0.15) is 30.5 Å². The van der Waals surface area contributed by atoms with E-state index in [1.165, 1.54) is 0 Å². The van der Waals surface area contributed by atoms with E-state index in [4.69, 9.17) is 27.9 Å². The average molecular weight is 325 g/mol. The van der Waals surface area contributed by atoms with Gasteiger partial charge in [0.1, 0.15) is 5.75 Å². The van der Waals surface area contributed by atoms with Crippen molar-refractivity contribution in [3.63, 3.8) is 0 Å². The predicted molar refractivity (Wildman–Crippen MR) is 87.4 cm³/mol. The zero-order chi connectivity index (χ0) is 15.2. The number of aromatic nitrogens is 1. The van der Waals surface area contributed by atoms with Crippen molar-refractivity contribution in [3.05, 3.63) is 57.8 Å². The molecule has 1 heterocycles. The first-order valence-corrected chi connectivity index (χ1v) is 7.59. The normalized spacial score (nSPS) is 12.2. The molecule has 0 aliphatic heterocycles. The molecule has 0 saturated carbocycles. The highest BCUT2D eigenvalue weighted by Gasteiger charge is 2.18. The van der Waals surface area contributed by atoms with Crippen LogP contribution in [0.2, 0.25) is 10.0 Å². The first kappa shape index (κ1) is 16.1. The van der Waals surface area contributed by atoms with Crippen molar-refractivity contribution >= 4 is 23.2 Å². The molecule has 0 aliphatic rings. The number of nitrogens with zero attached hydrogens (tertiary/aromatic N) is 1. The molecule has 1 aromatic heterocycles. The molecular weight excluding hydrogens is 307 g/mol. The van der Waals surface area contributed by atoms with Crippen molar-refractivity contribution < 1.29 is 4.74 Å². The summed E-state index contributed by atoms with van der Waals surface area (Å²) < 4.78 is 5.25. The third kappa shape index (κ3) is 3.88. The number of halogens is 2. The fraction of sp³-hybridized carbons (Fsp3) is 0.312. The molecule has 21 heavy (non-hydrogen) atoms. The summed E-state index contributed by atoms with van der Waals surface area (Å²) in [6.07, 6.45) is 4.51. The Labute approximate surface area is 135 Å². The maximum atomic E-state index is 6.37. The number of pyridine rings is 1. The summed E-state index contributed by atoms with van der Waals surface area (Å²) in [6, 6.07) is 7.54. The largest absolute Gasteiger partial charge is 0.495 e. The maximum absolute atomic E-state index is 6.37. The van der Waals surface area contributed by atoms with E-state index in [-0.39, 0.29) is 6.04 Å². The van der Waals surface area contributed by atoms with Crippen LogP contribution in [-0.2, 0) is 0 Å². The van der Waals surface area contributed by atoms with Gasteiger partial charge in [0.05, 0.1) is 29.4 Å². The average Bonchev–Trinajstić information content (AvgIpc) is 2.52. The van der Waals surface area contributed by atoms with E-state index >= 15 is 0 Å². The number of hydrogen-bond acceptors (Lipinski definition) is 3. The fourth-order valence-electron chi connectivity index (χ4n) is 2.14. The Hall–Kier alpha value is -1.29. The van der Waals surface area contributed by atoms with Crippen LogP contribution in [0.15, 0.2) is 36.7 Å². The van der Waals surface area contributed by atoms with Gasteiger partial charge >= 0.3 is 0 Å². The fourth-order valence-corrected chi connectivity index (χ4v) is 2.56. The third-order valence-electron chi connectivity index (χ3n) is 3.19. The van der Waals surface area contributed by atoms with Crippen LogP contribution in [0.4, 0.5) is 0 Å². The van der Waals surface area contributed by atoms with Crippen molar-refractivity contribution in [2.24, 2.45) is 0 Å². The summed E-state index contributed by atoms with van der Waals surface area (Å²) in [4.78, 5) is 4.22. The van der Waals surface area contributed by atoms with Crippen LogP contribution in [0.3, 0.4) is 0 Å². The smallest absolute Gasteiger partial charge is 0.137 e. The van der Waals surface area contributed by atoms with Crippen LogP contribution in [0, 0.1) is 0 Å². The molecule has 3 nitrogen and oxygen atoms in total. The Balaban J connectivity index is 2.44. The molecule has 1 aromatic carbocycles. The molecule has 1 atom stereocenters. The summed E-state index contributed by atoms with van der Waals surface area (Å²) in [7, 11) is 1.63. The quantitative estimate of drug-likeness (QED) is 0.850. The lowest BCUT2D eigenvalue weighted by Gasteiger charge is -2.21. The van der Waals surface area contributed by atoms with Gasteiger partial charge in [-0.25, -0.2) is 0 Å². The number of rotatable bonds is 6. The van der Waals surface area contributed by atoms with Gasteiger partial charge in [-0.2, -0.15) is 0 Å². The van der Waals surface area contributed by atoms with Gasteiger partial charge in [0.25, 0.3) is 0 Å². The van der Waals surface area contributed by atoms with Gasteiger partial charge in [0, 0.05) is 6.20 Å². The zero-order valence-electron chi connectivity index (χ0n) is 12.1. The van der Waals surface area contributed by atoms with Crippen LogP contribution < -0.4 is 10.1 Å². The highest BCUT2D eigenvalue weighted by molar-refractivity contribution is 6.42. The number of hydrogen-bond donors (Lipinski definition) is 1. The molecule has 1 N–H and O–H groups in total. The molecule has 5 heteroatoms. The molecule has 0 saturated heterocycles. The lowest BCUT2D eigenvalue weighted by Crippen LogP contribution is -2.23. The van der Waals surface area contributed by atoms with Crippen molar-refractivity contribution in [2.75, 3.05) is 13.7 Å². The molecule has 112 valence electrons. The standard InChI is InChI=1S/C16H18Cl2N2O/c1-3-7-20-16(11-8-12(21-2)10-19-9-11)13-5-4-6-14(17)15(13)18/h4-6,8-10,16,20H,3,7H2,1-2H3. The van der Waals surface area contributed by atoms with E-state index in [0.29, 0.717) is 15.8 Å². The second-order valence-electron chi connectivity index (χ2n) is 4.69. The van der Waals surface area contributed by atoms with E-state index in [0.717, 1.165) is 24.1 Å². The highest BCUT2D eigenvalue weighted by atomic mass is 35.5. The maximum Gasteiger partial charge on any atom is 0.137 e. The van der Waals surface area contributed by atoms with Crippen molar-refractivity contribution in [1.29, 1.82) is 0 Å². The van der Waals surface area contributed by atoms with Gasteiger partial charge in [0.15, 0.2) is 0 Å². The summed E-state index contributed by atoms with van der Waals surface area (Å²) in [5.41, 5.74) is 1.93. The molecule has 1 unspecified atom stereocenters. The van der Waals surface area contributed by atoms with E-state index in [9.17, 15) is 0 Å². The van der Waals surface area contributed by atoms with Gasteiger partial charge in [-0.1, -0.05) is 42.3 Å². The third-order valence-corrected chi connectivity index (χ3v) is 4.03. The first-order chi connectivity index (χ1) is 10.2. The minimum Gasteiger partial charge on any atom is -0.495 e. The lowest BCUT2D eigenvalue weighted by atomic mass is 9.99. The molecule has 0 fully saturated rings. The van der Waals surface area contributed by atoms with Gasteiger partial charge in [-0.05, 0) is 36.2 Å². The monoisotopic (exact) mass is 324 g/mol. The van der Waals surface area contributed by atoms with E-state index in [1.807, 2.05) is 24.4 Å². The number of methoxy groups -OCH3 is 1. The van der Waals surface area contributed by atoms with Crippen LogP contribution in [-0.4, -0.2) is 18.6 Å². The summed E-state index contributed by atoms with van der Waals surface area (Å²) in [6.45, 7) is 2.98. The Bertz CT molecular complexity index is 605. The topological polar surface area (TPSA) is 34.2 Å². The molecule has 0 amide bonds. The Morgan fingerprint density at radius 2 is 2.10 bits per heavy atom. The lowest BCUT2D eigenvalue weighted by molar-refractivity contribution is 0.411. The molecule has 0 aliphatic carbocycles. The molecule has 0 spiro atoms. The molecule has 0 radical (unpaired) electrons.